The molecule has 0 aliphatic rings. The van der Waals surface area contributed by atoms with Crippen LogP contribution in [0.2, 0.25) is 5.02 Å². The van der Waals surface area contributed by atoms with Crippen molar-refractivity contribution in [2.45, 2.75) is 13.0 Å². The summed E-state index contributed by atoms with van der Waals surface area (Å²) in [6, 6.07) is 1.40. The molecule has 0 heterocycles. The van der Waals surface area contributed by atoms with Crippen LogP contribution in [0.3, 0.4) is 0 Å². The fourth-order valence-electron chi connectivity index (χ4n) is 0.938. The zero-order valence-electron chi connectivity index (χ0n) is 7.44. The summed E-state index contributed by atoms with van der Waals surface area (Å²) in [5.74, 6) is 0.883. The van der Waals surface area contributed by atoms with Crippen LogP contribution in [-0.4, -0.2) is 6.04 Å². The summed E-state index contributed by atoms with van der Waals surface area (Å²) in [7, 11) is 0. The Labute approximate surface area is 86.1 Å². The molecule has 0 bridgehead atoms. The van der Waals surface area contributed by atoms with Crippen molar-refractivity contribution in [2.75, 3.05) is 5.32 Å². The normalized spacial score (nSPS) is 11.9. The predicted octanol–water partition coefficient (Wildman–Crippen LogP) is 3.05. The number of hydrogen-bond donors (Lipinski definition) is 1. The highest BCUT2D eigenvalue weighted by Gasteiger charge is 2.10. The number of hydrogen-bond acceptors (Lipinski definition) is 1. The van der Waals surface area contributed by atoms with E-state index in [4.69, 9.17) is 18.0 Å². The molecule has 0 saturated heterocycles. The van der Waals surface area contributed by atoms with Gasteiger partial charge in [-0.25, -0.2) is 8.78 Å². The number of nitrogens with one attached hydrogen (secondary N) is 1. The molecule has 0 amide bonds. The first-order valence-corrected chi connectivity index (χ1v) is 4.29. The van der Waals surface area contributed by atoms with Crippen molar-refractivity contribution in [2.24, 2.45) is 0 Å². The maximum Gasteiger partial charge on any atom is 0.150 e. The minimum Gasteiger partial charge on any atom is -0.368 e. The zero-order chi connectivity index (χ0) is 10.7. The third-order valence-corrected chi connectivity index (χ3v) is 1.92. The topological polar surface area (TPSA) is 12.0 Å². The van der Waals surface area contributed by atoms with E-state index in [1.165, 1.54) is 0 Å². The first-order chi connectivity index (χ1) is 6.54. The molecule has 0 aliphatic carbocycles. The van der Waals surface area contributed by atoms with Gasteiger partial charge in [0.25, 0.3) is 0 Å². The van der Waals surface area contributed by atoms with Crippen LogP contribution in [0, 0.1) is 24.0 Å². The molecular weight excluding hydrogens is 208 g/mol. The van der Waals surface area contributed by atoms with Gasteiger partial charge in [0, 0.05) is 6.07 Å². The van der Waals surface area contributed by atoms with Crippen molar-refractivity contribution in [1.82, 2.24) is 0 Å². The van der Waals surface area contributed by atoms with Crippen LogP contribution in [0.1, 0.15) is 6.92 Å². The molecule has 0 aromatic heterocycles. The molecule has 0 aliphatic heterocycles. The summed E-state index contributed by atoms with van der Waals surface area (Å²) >= 11 is 5.62. The predicted molar refractivity (Wildman–Crippen MR) is 53.3 cm³/mol. The summed E-state index contributed by atoms with van der Waals surface area (Å²) in [5, 5.41) is 2.62. The van der Waals surface area contributed by atoms with E-state index in [9.17, 15) is 8.78 Å². The highest BCUT2D eigenvalue weighted by atomic mass is 35.5. The summed E-state index contributed by atoms with van der Waals surface area (Å²) in [6.45, 7) is 1.67. The van der Waals surface area contributed by atoms with Gasteiger partial charge in [0.15, 0.2) is 5.82 Å². The first-order valence-electron chi connectivity index (χ1n) is 3.92. The van der Waals surface area contributed by atoms with Crippen molar-refractivity contribution in [3.8, 4) is 12.3 Å². The van der Waals surface area contributed by atoms with Gasteiger partial charge in [-0.3, -0.25) is 0 Å². The van der Waals surface area contributed by atoms with Crippen LogP contribution in [0.25, 0.3) is 0 Å². The summed E-state index contributed by atoms with van der Waals surface area (Å²) in [6.07, 6.45) is 5.10. The molecule has 1 rings (SSSR count). The van der Waals surface area contributed by atoms with Crippen molar-refractivity contribution in [3.63, 3.8) is 0 Å². The van der Waals surface area contributed by atoms with Crippen LogP contribution in [0.15, 0.2) is 12.1 Å². The summed E-state index contributed by atoms with van der Waals surface area (Å²) in [5.41, 5.74) is 0.0264. The second kappa shape index (κ2) is 4.30. The van der Waals surface area contributed by atoms with E-state index in [1.54, 1.807) is 6.92 Å². The molecule has 4 heteroatoms. The Morgan fingerprint density at radius 1 is 1.50 bits per heavy atom. The third-order valence-electron chi connectivity index (χ3n) is 1.62. The number of benzene rings is 1. The Balaban J connectivity index is 3.04. The molecule has 74 valence electrons. The Morgan fingerprint density at radius 2 is 2.14 bits per heavy atom. The lowest BCUT2D eigenvalue weighted by molar-refractivity contribution is 0.585. The van der Waals surface area contributed by atoms with Crippen molar-refractivity contribution in [1.29, 1.82) is 0 Å². The molecule has 1 unspecified atom stereocenters. The van der Waals surface area contributed by atoms with Crippen LogP contribution in [0.5, 0.6) is 0 Å². The highest BCUT2D eigenvalue weighted by Crippen LogP contribution is 2.26. The molecule has 0 fully saturated rings. The monoisotopic (exact) mass is 215 g/mol. The number of terminal acetylenes is 1. The Bertz CT molecular complexity index is 361. The van der Waals surface area contributed by atoms with Gasteiger partial charge in [-0.15, -0.1) is 6.42 Å². The van der Waals surface area contributed by atoms with Crippen molar-refractivity contribution in [3.05, 3.63) is 28.8 Å². The van der Waals surface area contributed by atoms with E-state index in [0.29, 0.717) is 0 Å². The average Bonchev–Trinajstić information content (AvgIpc) is 2.10. The molecule has 1 aromatic rings. The molecule has 1 atom stereocenters. The standard InChI is InChI=1S/C10H8ClF2N/c1-3-6(2)14-10-8(11)4-7(12)5-9(10)13/h1,4-6,14H,2H3. The van der Waals surface area contributed by atoms with E-state index in [-0.39, 0.29) is 16.8 Å². The van der Waals surface area contributed by atoms with Gasteiger partial charge >= 0.3 is 0 Å². The fraction of sp³-hybridized carbons (Fsp3) is 0.200. The maximum atomic E-state index is 13.2. The van der Waals surface area contributed by atoms with Gasteiger partial charge in [-0.1, -0.05) is 17.5 Å². The smallest absolute Gasteiger partial charge is 0.150 e. The van der Waals surface area contributed by atoms with Crippen molar-refractivity contribution < 1.29 is 8.78 Å². The number of anilines is 1. The minimum absolute atomic E-state index is 0.0235. The van der Waals surface area contributed by atoms with Crippen LogP contribution < -0.4 is 5.32 Å². The van der Waals surface area contributed by atoms with Gasteiger partial charge in [-0.05, 0) is 13.0 Å². The van der Waals surface area contributed by atoms with Gasteiger partial charge in [0.2, 0.25) is 0 Å². The van der Waals surface area contributed by atoms with E-state index in [2.05, 4.69) is 11.2 Å². The zero-order valence-corrected chi connectivity index (χ0v) is 8.20. The summed E-state index contributed by atoms with van der Waals surface area (Å²) in [4.78, 5) is 0. The number of halogens is 3. The van der Waals surface area contributed by atoms with E-state index < -0.39 is 11.6 Å². The second-order valence-electron chi connectivity index (χ2n) is 2.78. The lowest BCUT2D eigenvalue weighted by atomic mass is 10.2. The summed E-state index contributed by atoms with van der Waals surface area (Å²) < 4.78 is 25.8. The van der Waals surface area contributed by atoms with Crippen molar-refractivity contribution >= 4 is 17.3 Å². The van der Waals surface area contributed by atoms with E-state index >= 15 is 0 Å². The minimum atomic E-state index is -0.753. The van der Waals surface area contributed by atoms with Gasteiger partial charge in [0.05, 0.1) is 16.8 Å². The largest absolute Gasteiger partial charge is 0.368 e. The Kier molecular flexibility index (Phi) is 3.32. The Morgan fingerprint density at radius 3 is 2.64 bits per heavy atom. The molecule has 1 aromatic carbocycles. The molecule has 1 N–H and O–H groups in total. The first kappa shape index (κ1) is 10.8. The van der Waals surface area contributed by atoms with Crippen LogP contribution >= 0.6 is 11.6 Å². The molecular formula is C10H8ClF2N. The molecule has 0 saturated carbocycles. The third kappa shape index (κ3) is 2.36. The van der Waals surface area contributed by atoms with Crippen LogP contribution in [0.4, 0.5) is 14.5 Å². The molecule has 0 radical (unpaired) electrons. The molecule has 0 spiro atoms. The van der Waals surface area contributed by atoms with Crippen LogP contribution in [-0.2, 0) is 0 Å². The quantitative estimate of drug-likeness (QED) is 0.748. The van der Waals surface area contributed by atoms with Gasteiger partial charge in [-0.2, -0.15) is 0 Å². The number of rotatable bonds is 2. The molecule has 1 nitrogen and oxygen atoms in total. The maximum absolute atomic E-state index is 13.2. The SMILES string of the molecule is C#CC(C)Nc1c(F)cc(F)cc1Cl. The van der Waals surface area contributed by atoms with Gasteiger partial charge in [0.1, 0.15) is 5.82 Å². The fourth-order valence-corrected chi connectivity index (χ4v) is 1.19. The highest BCUT2D eigenvalue weighted by molar-refractivity contribution is 6.33. The lowest BCUT2D eigenvalue weighted by Gasteiger charge is -2.11. The Hall–Kier alpha value is -1.27. The second-order valence-corrected chi connectivity index (χ2v) is 3.18. The van der Waals surface area contributed by atoms with E-state index in [1.807, 2.05) is 0 Å². The van der Waals surface area contributed by atoms with Gasteiger partial charge < -0.3 is 5.32 Å². The lowest BCUT2D eigenvalue weighted by Crippen LogP contribution is -2.13. The molecule has 14 heavy (non-hydrogen) atoms. The average molecular weight is 216 g/mol. The van der Waals surface area contributed by atoms with E-state index in [0.717, 1.165) is 12.1 Å².